The highest BCUT2D eigenvalue weighted by atomic mass is 19.1. The van der Waals surface area contributed by atoms with Crippen molar-refractivity contribution in [1.29, 1.82) is 0 Å². The van der Waals surface area contributed by atoms with Crippen molar-refractivity contribution in [3.05, 3.63) is 12.0 Å². The average molecular weight is 269 g/mol. The number of rotatable bonds is 6. The molecule has 1 unspecified atom stereocenters. The van der Waals surface area contributed by atoms with Crippen LogP contribution in [-0.2, 0) is 4.79 Å². The summed E-state index contributed by atoms with van der Waals surface area (Å²) in [7, 11) is 1.70. The van der Waals surface area contributed by atoms with E-state index in [2.05, 4.69) is 20.6 Å². The Balaban J connectivity index is 2.80. The van der Waals surface area contributed by atoms with Gasteiger partial charge in [-0.25, -0.2) is 9.37 Å². The molecule has 19 heavy (non-hydrogen) atoms. The minimum atomic E-state index is -0.583. The summed E-state index contributed by atoms with van der Waals surface area (Å²) in [5.74, 6) is -0.350. The van der Waals surface area contributed by atoms with E-state index in [1.807, 2.05) is 13.8 Å². The standard InChI is InChI=1S/C12H20FN5O/c1-5-14-12-15-7-9(13)10(17-12)16-8(3)11(19)18(4)6-2/h7-8H,5-6H2,1-4H3,(H2,14,15,16,17). The molecule has 0 saturated heterocycles. The Morgan fingerprint density at radius 2 is 2.21 bits per heavy atom. The second-order valence-electron chi connectivity index (χ2n) is 4.14. The summed E-state index contributed by atoms with van der Waals surface area (Å²) >= 11 is 0. The third-order valence-corrected chi connectivity index (χ3v) is 2.65. The normalized spacial score (nSPS) is 11.8. The van der Waals surface area contributed by atoms with Crippen molar-refractivity contribution in [1.82, 2.24) is 14.9 Å². The van der Waals surface area contributed by atoms with Crippen molar-refractivity contribution >= 4 is 17.7 Å². The number of likely N-dealkylation sites (N-methyl/N-ethyl adjacent to an activating group) is 1. The van der Waals surface area contributed by atoms with Crippen LogP contribution in [0.2, 0.25) is 0 Å². The van der Waals surface area contributed by atoms with Crippen LogP contribution < -0.4 is 10.6 Å². The first kappa shape index (κ1) is 15.1. The zero-order valence-corrected chi connectivity index (χ0v) is 11.7. The van der Waals surface area contributed by atoms with Gasteiger partial charge in [-0.3, -0.25) is 4.79 Å². The van der Waals surface area contributed by atoms with Crippen LogP contribution in [0.5, 0.6) is 0 Å². The highest BCUT2D eigenvalue weighted by Gasteiger charge is 2.18. The lowest BCUT2D eigenvalue weighted by atomic mass is 10.3. The van der Waals surface area contributed by atoms with E-state index in [1.165, 1.54) is 0 Å². The maximum atomic E-state index is 13.6. The number of carbonyl (C=O) groups is 1. The molecule has 0 aromatic carbocycles. The largest absolute Gasteiger partial charge is 0.356 e. The van der Waals surface area contributed by atoms with Gasteiger partial charge in [0.15, 0.2) is 11.6 Å². The Kier molecular flexibility index (Phi) is 5.47. The van der Waals surface area contributed by atoms with Gasteiger partial charge in [0.25, 0.3) is 0 Å². The number of aromatic nitrogens is 2. The molecule has 1 amide bonds. The fourth-order valence-corrected chi connectivity index (χ4v) is 1.46. The van der Waals surface area contributed by atoms with Crippen molar-refractivity contribution in [3.8, 4) is 0 Å². The SMILES string of the molecule is CCNc1ncc(F)c(NC(C)C(=O)N(C)CC)n1. The fraction of sp³-hybridized carbons (Fsp3) is 0.583. The van der Waals surface area contributed by atoms with Crippen molar-refractivity contribution in [2.45, 2.75) is 26.8 Å². The molecule has 0 spiro atoms. The van der Waals surface area contributed by atoms with Gasteiger partial charge < -0.3 is 15.5 Å². The van der Waals surface area contributed by atoms with E-state index < -0.39 is 11.9 Å². The lowest BCUT2D eigenvalue weighted by Crippen LogP contribution is -2.39. The Bertz CT molecular complexity index is 440. The number of hydrogen-bond donors (Lipinski definition) is 2. The Morgan fingerprint density at radius 1 is 1.53 bits per heavy atom. The van der Waals surface area contributed by atoms with Crippen LogP contribution in [0.1, 0.15) is 20.8 Å². The summed E-state index contributed by atoms with van der Waals surface area (Å²) in [5, 5.41) is 5.65. The van der Waals surface area contributed by atoms with Crippen molar-refractivity contribution in [3.63, 3.8) is 0 Å². The molecular weight excluding hydrogens is 249 g/mol. The number of nitrogens with one attached hydrogen (secondary N) is 2. The van der Waals surface area contributed by atoms with Gasteiger partial charge in [0.1, 0.15) is 6.04 Å². The topological polar surface area (TPSA) is 70.2 Å². The third-order valence-electron chi connectivity index (χ3n) is 2.65. The number of nitrogens with zero attached hydrogens (tertiary/aromatic N) is 3. The molecule has 0 saturated carbocycles. The number of halogens is 1. The molecule has 0 fully saturated rings. The molecule has 0 radical (unpaired) electrons. The van der Waals surface area contributed by atoms with Crippen LogP contribution in [0.25, 0.3) is 0 Å². The second kappa shape index (κ2) is 6.86. The van der Waals surface area contributed by atoms with Gasteiger partial charge in [-0.15, -0.1) is 0 Å². The molecule has 0 bridgehead atoms. The molecule has 1 aromatic rings. The molecule has 1 rings (SSSR count). The molecule has 1 aromatic heterocycles. The van der Waals surface area contributed by atoms with Gasteiger partial charge in [0.05, 0.1) is 6.20 Å². The van der Waals surface area contributed by atoms with E-state index in [1.54, 1.807) is 18.9 Å². The highest BCUT2D eigenvalue weighted by Crippen LogP contribution is 2.13. The van der Waals surface area contributed by atoms with Crippen molar-refractivity contribution in [2.75, 3.05) is 30.8 Å². The van der Waals surface area contributed by atoms with E-state index in [9.17, 15) is 9.18 Å². The Morgan fingerprint density at radius 3 is 2.79 bits per heavy atom. The number of carbonyl (C=O) groups excluding carboxylic acids is 1. The quantitative estimate of drug-likeness (QED) is 0.815. The van der Waals surface area contributed by atoms with E-state index in [0.29, 0.717) is 19.0 Å². The van der Waals surface area contributed by atoms with Crippen LogP contribution in [-0.4, -0.2) is 47.0 Å². The smallest absolute Gasteiger partial charge is 0.244 e. The monoisotopic (exact) mass is 269 g/mol. The predicted molar refractivity (Wildman–Crippen MR) is 72.5 cm³/mol. The minimum absolute atomic E-state index is 0.0244. The third kappa shape index (κ3) is 4.04. The molecule has 2 N–H and O–H groups in total. The van der Waals surface area contributed by atoms with Gasteiger partial charge >= 0.3 is 0 Å². The first-order valence-corrected chi connectivity index (χ1v) is 6.27. The van der Waals surface area contributed by atoms with Crippen LogP contribution in [0.4, 0.5) is 16.2 Å². The molecule has 0 aliphatic rings. The van der Waals surface area contributed by atoms with E-state index in [-0.39, 0.29) is 11.7 Å². The van der Waals surface area contributed by atoms with Crippen LogP contribution in [0.15, 0.2) is 6.20 Å². The molecule has 7 heteroatoms. The molecule has 0 aliphatic heterocycles. The minimum Gasteiger partial charge on any atom is -0.356 e. The summed E-state index contributed by atoms with van der Waals surface area (Å²) in [6.07, 6.45) is 1.08. The fourth-order valence-electron chi connectivity index (χ4n) is 1.46. The summed E-state index contributed by atoms with van der Waals surface area (Å²) in [4.78, 5) is 21.2. The number of amides is 1. The van der Waals surface area contributed by atoms with Gasteiger partial charge in [0, 0.05) is 20.1 Å². The maximum absolute atomic E-state index is 13.6. The van der Waals surface area contributed by atoms with Crippen LogP contribution >= 0.6 is 0 Å². The van der Waals surface area contributed by atoms with Gasteiger partial charge in [0.2, 0.25) is 11.9 Å². The summed E-state index contributed by atoms with van der Waals surface area (Å²) in [6, 6.07) is -0.552. The van der Waals surface area contributed by atoms with Crippen molar-refractivity contribution < 1.29 is 9.18 Å². The Hall–Kier alpha value is -1.92. The first-order chi connectivity index (χ1) is 8.99. The van der Waals surface area contributed by atoms with E-state index >= 15 is 0 Å². The summed E-state index contributed by atoms with van der Waals surface area (Å²) in [6.45, 7) is 6.67. The summed E-state index contributed by atoms with van der Waals surface area (Å²) in [5.41, 5.74) is 0. The van der Waals surface area contributed by atoms with Gasteiger partial charge in [-0.2, -0.15) is 4.98 Å². The molecule has 1 atom stereocenters. The predicted octanol–water partition coefficient (Wildman–Crippen LogP) is 1.33. The number of hydrogen-bond acceptors (Lipinski definition) is 5. The second-order valence-corrected chi connectivity index (χ2v) is 4.14. The van der Waals surface area contributed by atoms with Crippen molar-refractivity contribution in [2.24, 2.45) is 0 Å². The average Bonchev–Trinajstić information content (AvgIpc) is 2.41. The zero-order valence-electron chi connectivity index (χ0n) is 11.7. The Labute approximate surface area is 112 Å². The maximum Gasteiger partial charge on any atom is 0.244 e. The van der Waals surface area contributed by atoms with Crippen LogP contribution in [0.3, 0.4) is 0 Å². The zero-order chi connectivity index (χ0) is 14.4. The van der Waals surface area contributed by atoms with Gasteiger partial charge in [-0.1, -0.05) is 0 Å². The molecular formula is C12H20FN5O. The highest BCUT2D eigenvalue weighted by molar-refractivity contribution is 5.83. The van der Waals surface area contributed by atoms with E-state index in [0.717, 1.165) is 6.20 Å². The van der Waals surface area contributed by atoms with Gasteiger partial charge in [-0.05, 0) is 20.8 Å². The first-order valence-electron chi connectivity index (χ1n) is 6.27. The molecule has 1 heterocycles. The lowest BCUT2D eigenvalue weighted by molar-refractivity contribution is -0.130. The van der Waals surface area contributed by atoms with E-state index in [4.69, 9.17) is 0 Å². The molecule has 106 valence electrons. The number of anilines is 2. The molecule has 6 nitrogen and oxygen atoms in total. The molecule has 0 aliphatic carbocycles. The lowest BCUT2D eigenvalue weighted by Gasteiger charge is -2.21. The summed E-state index contributed by atoms with van der Waals surface area (Å²) < 4.78 is 13.6. The van der Waals surface area contributed by atoms with Crippen LogP contribution in [0, 0.1) is 5.82 Å².